The van der Waals surface area contributed by atoms with Gasteiger partial charge in [0.05, 0.1) is 18.3 Å². The number of hydrogen-bond acceptors (Lipinski definition) is 3. The van der Waals surface area contributed by atoms with Crippen molar-refractivity contribution in [2.75, 3.05) is 7.11 Å². The van der Waals surface area contributed by atoms with E-state index in [-0.39, 0.29) is 5.82 Å². The number of hydrogen-bond donors (Lipinski definition) is 1. The highest BCUT2D eigenvalue weighted by Gasteiger charge is 2.13. The van der Waals surface area contributed by atoms with E-state index in [2.05, 4.69) is 9.97 Å². The summed E-state index contributed by atoms with van der Waals surface area (Å²) in [5, 5.41) is 0. The zero-order valence-electron chi connectivity index (χ0n) is 11.0. The number of pyridine rings is 1. The first-order chi connectivity index (χ1) is 9.61. The number of halogens is 1. The maximum atomic E-state index is 13.3. The summed E-state index contributed by atoms with van der Waals surface area (Å²) in [4.78, 5) is 7.48. The third kappa shape index (κ3) is 1.89. The highest BCUT2D eigenvalue weighted by atomic mass is 32.1. The van der Waals surface area contributed by atoms with Crippen molar-refractivity contribution in [1.82, 2.24) is 14.5 Å². The van der Waals surface area contributed by atoms with Crippen molar-refractivity contribution in [3.8, 4) is 11.4 Å². The summed E-state index contributed by atoms with van der Waals surface area (Å²) in [6.07, 6.45) is 1.72. The zero-order chi connectivity index (χ0) is 14.3. The molecule has 0 bridgehead atoms. The van der Waals surface area contributed by atoms with Crippen LogP contribution >= 0.6 is 12.2 Å². The maximum absolute atomic E-state index is 13.3. The number of fused-ring (bicyclic) bond motifs is 1. The fourth-order valence-corrected chi connectivity index (χ4v) is 2.47. The summed E-state index contributed by atoms with van der Waals surface area (Å²) >= 11 is 5.35. The number of benzene rings is 1. The average Bonchev–Trinajstić information content (AvgIpc) is 2.77. The molecule has 3 rings (SSSR count). The standard InChI is InChI=1S/C14H12FN3OS/c1-8-5-6-16-13-12(8)17-14(20)18(13)10-4-3-9(15)7-11(10)19-2/h3-7H,1-2H3,(H,17,20). The zero-order valence-corrected chi connectivity index (χ0v) is 11.8. The normalized spacial score (nSPS) is 10.9. The maximum Gasteiger partial charge on any atom is 0.184 e. The first-order valence-corrected chi connectivity index (χ1v) is 6.43. The average molecular weight is 289 g/mol. The molecule has 2 aromatic heterocycles. The van der Waals surface area contributed by atoms with Gasteiger partial charge in [0, 0.05) is 12.3 Å². The highest BCUT2D eigenvalue weighted by Crippen LogP contribution is 2.27. The minimum atomic E-state index is -0.360. The lowest BCUT2D eigenvalue weighted by atomic mass is 10.2. The summed E-state index contributed by atoms with van der Waals surface area (Å²) in [5.74, 6) is 0.0476. The SMILES string of the molecule is COc1cc(F)ccc1-n1c(=S)[nH]c2c(C)ccnc21. The second-order valence-electron chi connectivity index (χ2n) is 4.41. The number of methoxy groups -OCH3 is 1. The Hall–Kier alpha value is -2.21. The number of aromatic nitrogens is 3. The Balaban J connectivity index is 2.38. The Morgan fingerprint density at radius 3 is 2.90 bits per heavy atom. The number of rotatable bonds is 2. The van der Waals surface area contributed by atoms with Crippen molar-refractivity contribution in [2.24, 2.45) is 0 Å². The fraction of sp³-hybridized carbons (Fsp3) is 0.143. The second kappa shape index (κ2) is 4.72. The summed E-state index contributed by atoms with van der Waals surface area (Å²) < 4.78 is 20.8. The molecular formula is C14H12FN3OS. The number of H-pyrrole nitrogens is 1. The van der Waals surface area contributed by atoms with Crippen LogP contribution < -0.4 is 4.74 Å². The molecule has 0 radical (unpaired) electrons. The van der Waals surface area contributed by atoms with Gasteiger partial charge in [0.2, 0.25) is 0 Å². The molecule has 0 aliphatic rings. The molecule has 6 heteroatoms. The molecule has 0 aliphatic carbocycles. The molecule has 0 fully saturated rings. The molecule has 4 nitrogen and oxygen atoms in total. The first-order valence-electron chi connectivity index (χ1n) is 6.02. The summed E-state index contributed by atoms with van der Waals surface area (Å²) in [5.41, 5.74) is 3.26. The van der Waals surface area contributed by atoms with Gasteiger partial charge >= 0.3 is 0 Å². The van der Waals surface area contributed by atoms with Gasteiger partial charge in [0.15, 0.2) is 10.4 Å². The van der Waals surface area contributed by atoms with Gasteiger partial charge in [-0.2, -0.15) is 0 Å². The van der Waals surface area contributed by atoms with Gasteiger partial charge in [0.25, 0.3) is 0 Å². The van der Waals surface area contributed by atoms with E-state index in [1.807, 2.05) is 13.0 Å². The smallest absolute Gasteiger partial charge is 0.184 e. The summed E-state index contributed by atoms with van der Waals surface area (Å²) in [6.45, 7) is 1.97. The van der Waals surface area contributed by atoms with E-state index in [4.69, 9.17) is 17.0 Å². The van der Waals surface area contributed by atoms with Gasteiger partial charge in [-0.1, -0.05) is 0 Å². The van der Waals surface area contributed by atoms with Crippen LogP contribution in [0.2, 0.25) is 0 Å². The Kier molecular flexibility index (Phi) is 3.02. The van der Waals surface area contributed by atoms with Crippen molar-refractivity contribution in [3.63, 3.8) is 0 Å². The van der Waals surface area contributed by atoms with Gasteiger partial charge in [-0.3, -0.25) is 4.57 Å². The lowest BCUT2D eigenvalue weighted by Gasteiger charge is -2.10. The van der Waals surface area contributed by atoms with Crippen LogP contribution in [-0.4, -0.2) is 21.6 Å². The Bertz CT molecular complexity index is 853. The Morgan fingerprint density at radius 2 is 2.15 bits per heavy atom. The molecule has 20 heavy (non-hydrogen) atoms. The van der Waals surface area contributed by atoms with Crippen LogP contribution in [-0.2, 0) is 0 Å². The van der Waals surface area contributed by atoms with E-state index < -0.39 is 0 Å². The number of imidazole rings is 1. The van der Waals surface area contributed by atoms with Crippen molar-refractivity contribution < 1.29 is 9.13 Å². The van der Waals surface area contributed by atoms with Gasteiger partial charge in [-0.25, -0.2) is 9.37 Å². The van der Waals surface area contributed by atoms with Crippen LogP contribution in [0, 0.1) is 17.5 Å². The molecule has 3 aromatic rings. The predicted molar refractivity (Wildman–Crippen MR) is 77.5 cm³/mol. The minimum absolute atomic E-state index is 0.360. The molecule has 0 saturated carbocycles. The molecule has 0 amide bonds. The molecule has 2 heterocycles. The van der Waals surface area contributed by atoms with Crippen LogP contribution in [0.1, 0.15) is 5.56 Å². The molecule has 0 saturated heterocycles. The van der Waals surface area contributed by atoms with Gasteiger partial charge in [0.1, 0.15) is 11.6 Å². The number of ether oxygens (including phenoxy) is 1. The number of nitrogens with one attached hydrogen (secondary N) is 1. The van der Waals surface area contributed by atoms with Crippen molar-refractivity contribution in [1.29, 1.82) is 0 Å². The van der Waals surface area contributed by atoms with E-state index in [0.717, 1.165) is 11.1 Å². The number of aryl methyl sites for hydroxylation is 1. The predicted octanol–water partition coefficient (Wildman–Crippen LogP) is 3.54. The van der Waals surface area contributed by atoms with Gasteiger partial charge in [-0.15, -0.1) is 0 Å². The monoisotopic (exact) mass is 289 g/mol. The molecular weight excluding hydrogens is 277 g/mol. The van der Waals surface area contributed by atoms with Crippen molar-refractivity contribution in [3.05, 3.63) is 46.6 Å². The number of aromatic amines is 1. The molecule has 0 aliphatic heterocycles. The van der Waals surface area contributed by atoms with Gasteiger partial charge in [-0.05, 0) is 42.9 Å². The largest absolute Gasteiger partial charge is 0.494 e. The van der Waals surface area contributed by atoms with E-state index in [9.17, 15) is 4.39 Å². The van der Waals surface area contributed by atoms with E-state index in [1.54, 1.807) is 16.8 Å². The van der Waals surface area contributed by atoms with E-state index >= 15 is 0 Å². The van der Waals surface area contributed by atoms with Crippen LogP contribution in [0.5, 0.6) is 5.75 Å². The minimum Gasteiger partial charge on any atom is -0.494 e. The highest BCUT2D eigenvalue weighted by molar-refractivity contribution is 7.71. The Morgan fingerprint density at radius 1 is 1.35 bits per heavy atom. The van der Waals surface area contributed by atoms with Crippen LogP contribution in [0.4, 0.5) is 4.39 Å². The Labute approximate surface area is 119 Å². The molecule has 102 valence electrons. The lowest BCUT2D eigenvalue weighted by molar-refractivity contribution is 0.409. The quantitative estimate of drug-likeness (QED) is 0.734. The summed E-state index contributed by atoms with van der Waals surface area (Å²) in [7, 11) is 1.50. The molecule has 1 N–H and O–H groups in total. The van der Waals surface area contributed by atoms with E-state index in [1.165, 1.54) is 19.2 Å². The van der Waals surface area contributed by atoms with Crippen LogP contribution in [0.25, 0.3) is 16.9 Å². The van der Waals surface area contributed by atoms with Crippen LogP contribution in [0.15, 0.2) is 30.5 Å². The van der Waals surface area contributed by atoms with Gasteiger partial charge < -0.3 is 9.72 Å². The summed E-state index contributed by atoms with van der Waals surface area (Å²) in [6, 6.07) is 6.22. The van der Waals surface area contributed by atoms with Crippen molar-refractivity contribution >= 4 is 23.4 Å². The second-order valence-corrected chi connectivity index (χ2v) is 4.79. The molecule has 0 spiro atoms. The fourth-order valence-electron chi connectivity index (χ4n) is 2.19. The molecule has 0 unspecified atom stereocenters. The third-order valence-electron chi connectivity index (χ3n) is 3.17. The first kappa shape index (κ1) is 12.8. The van der Waals surface area contributed by atoms with Crippen molar-refractivity contribution in [2.45, 2.75) is 6.92 Å². The third-order valence-corrected chi connectivity index (χ3v) is 3.45. The van der Waals surface area contributed by atoms with E-state index in [0.29, 0.717) is 21.9 Å². The lowest BCUT2D eigenvalue weighted by Crippen LogP contribution is -1.99. The molecule has 1 aromatic carbocycles. The topological polar surface area (TPSA) is 42.8 Å². The molecule has 0 atom stereocenters. The number of nitrogens with zero attached hydrogens (tertiary/aromatic N) is 2. The van der Waals surface area contributed by atoms with Crippen LogP contribution in [0.3, 0.4) is 0 Å².